The monoisotopic (exact) mass is 636 g/mol. The molecular weight excluding hydrogens is 601 g/mol. The molecule has 2 heterocycles. The summed E-state index contributed by atoms with van der Waals surface area (Å²) in [5.41, 5.74) is 11.7. The molecule has 4 N–H and O–H groups in total. The number of aliphatic carboxylic acids is 1. The predicted molar refractivity (Wildman–Crippen MR) is 186 cm³/mol. The van der Waals surface area contributed by atoms with Gasteiger partial charge in [0, 0.05) is 26.1 Å². The molecule has 0 radical (unpaired) electrons. The van der Waals surface area contributed by atoms with E-state index in [9.17, 15) is 4.79 Å². The quantitative estimate of drug-likeness (QED) is 0.0970. The van der Waals surface area contributed by atoms with Crippen LogP contribution < -0.4 is 10.6 Å². The number of carbonyl (C=O) groups is 1. The number of hydrogen-bond acceptors (Lipinski definition) is 8. The first kappa shape index (κ1) is 31.0. The highest BCUT2D eigenvalue weighted by Crippen LogP contribution is 2.38. The van der Waals surface area contributed by atoms with Gasteiger partial charge in [-0.1, -0.05) is 48.5 Å². The Bertz CT molecular complexity index is 1980. The van der Waals surface area contributed by atoms with Crippen molar-refractivity contribution in [1.29, 1.82) is 0 Å². The number of aromatic nitrogens is 2. The summed E-state index contributed by atoms with van der Waals surface area (Å²) < 4.78 is 2.30. The second kappa shape index (κ2) is 14.0. The minimum Gasteiger partial charge on any atom is -0.481 e. The third-order valence-corrected chi connectivity index (χ3v) is 10.1. The number of nitrogens with zero attached hydrogens (tertiary/aromatic N) is 2. The molecule has 2 aromatic heterocycles. The maximum atomic E-state index is 10.7. The molecule has 6 rings (SSSR count). The topological polar surface area (TPSA) is 107 Å². The second-order valence-electron chi connectivity index (χ2n) is 11.1. The van der Waals surface area contributed by atoms with Gasteiger partial charge in [0.15, 0.2) is 0 Å². The smallest absolute Gasteiger partial charge is 0.303 e. The van der Waals surface area contributed by atoms with Crippen molar-refractivity contribution in [2.45, 2.75) is 39.8 Å². The fraction of sp³-hybridized carbons (Fsp3) is 0.250. The Kier molecular flexibility index (Phi) is 9.63. The first-order chi connectivity index (χ1) is 21.9. The van der Waals surface area contributed by atoms with Gasteiger partial charge in [-0.3, -0.25) is 4.79 Å². The van der Waals surface area contributed by atoms with Crippen molar-refractivity contribution >= 4 is 49.1 Å². The number of aliphatic hydroxyl groups excluding tert-OH is 1. The molecule has 45 heavy (non-hydrogen) atoms. The van der Waals surface area contributed by atoms with E-state index in [-0.39, 0.29) is 13.0 Å². The Balaban J connectivity index is 1.26. The van der Waals surface area contributed by atoms with E-state index >= 15 is 0 Å². The Morgan fingerprint density at radius 1 is 0.711 bits per heavy atom. The molecule has 0 atom stereocenters. The molecule has 0 aliphatic rings. The lowest BCUT2D eigenvalue weighted by molar-refractivity contribution is -0.137. The lowest BCUT2D eigenvalue weighted by Crippen LogP contribution is -2.17. The van der Waals surface area contributed by atoms with Crippen molar-refractivity contribution in [3.05, 3.63) is 93.9 Å². The summed E-state index contributed by atoms with van der Waals surface area (Å²) in [6.45, 7) is 7.04. The van der Waals surface area contributed by atoms with Gasteiger partial charge in [-0.25, -0.2) is 9.97 Å². The summed E-state index contributed by atoms with van der Waals surface area (Å²) in [6, 6.07) is 26.1. The van der Waals surface area contributed by atoms with Gasteiger partial charge in [-0.15, -0.1) is 22.7 Å². The van der Waals surface area contributed by atoms with Gasteiger partial charge in [-0.05, 0) is 95.6 Å². The largest absolute Gasteiger partial charge is 0.481 e. The Morgan fingerprint density at radius 2 is 1.20 bits per heavy atom. The molecule has 4 aromatic carbocycles. The molecule has 6 aromatic rings. The molecule has 7 nitrogen and oxygen atoms in total. The zero-order chi connectivity index (χ0) is 31.3. The Morgan fingerprint density at radius 3 is 1.69 bits per heavy atom. The van der Waals surface area contributed by atoms with Crippen LogP contribution in [0.3, 0.4) is 0 Å². The highest BCUT2D eigenvalue weighted by atomic mass is 32.1. The van der Waals surface area contributed by atoms with E-state index in [2.05, 4.69) is 97.3 Å². The molecule has 0 fully saturated rings. The SMILES string of the molecule is Cc1c(-c2ccc3nc(CNCCO)sc3c2)cccc1-c1cccc(-c2ccc3nc(CNCCCC(=O)O)sc3c2)c1C. The van der Waals surface area contributed by atoms with Crippen molar-refractivity contribution < 1.29 is 15.0 Å². The van der Waals surface area contributed by atoms with Gasteiger partial charge in [0.1, 0.15) is 10.0 Å². The van der Waals surface area contributed by atoms with Crippen LogP contribution in [0.1, 0.15) is 34.0 Å². The number of carboxylic acids is 1. The molecule has 9 heteroatoms. The minimum absolute atomic E-state index is 0.118. The van der Waals surface area contributed by atoms with E-state index in [4.69, 9.17) is 20.2 Å². The molecule has 0 bridgehead atoms. The molecule has 0 unspecified atom stereocenters. The van der Waals surface area contributed by atoms with E-state index in [0.717, 1.165) is 30.4 Å². The normalized spacial score (nSPS) is 11.5. The highest BCUT2D eigenvalue weighted by Gasteiger charge is 2.15. The number of benzene rings is 4. The summed E-state index contributed by atoms with van der Waals surface area (Å²) in [5.74, 6) is -0.765. The minimum atomic E-state index is -0.765. The van der Waals surface area contributed by atoms with Crippen molar-refractivity contribution in [2.75, 3.05) is 19.7 Å². The zero-order valence-electron chi connectivity index (χ0n) is 25.4. The van der Waals surface area contributed by atoms with Crippen LogP contribution in [0.15, 0.2) is 72.8 Å². The Hall–Kier alpha value is -3.99. The van der Waals surface area contributed by atoms with Crippen molar-refractivity contribution in [1.82, 2.24) is 20.6 Å². The van der Waals surface area contributed by atoms with E-state index < -0.39 is 5.97 Å². The number of thiazole rings is 2. The van der Waals surface area contributed by atoms with Crippen LogP contribution in [0.2, 0.25) is 0 Å². The maximum Gasteiger partial charge on any atom is 0.303 e. The lowest BCUT2D eigenvalue weighted by atomic mass is 9.88. The Labute approximate surface area is 270 Å². The second-order valence-corrected chi connectivity index (χ2v) is 13.3. The number of hydrogen-bond donors (Lipinski definition) is 4. The first-order valence-corrected chi connectivity index (χ1v) is 16.8. The lowest BCUT2D eigenvalue weighted by Gasteiger charge is -2.16. The van der Waals surface area contributed by atoms with Crippen LogP contribution >= 0.6 is 22.7 Å². The van der Waals surface area contributed by atoms with E-state index in [1.165, 1.54) is 44.5 Å². The van der Waals surface area contributed by atoms with Crippen LogP contribution in [0.25, 0.3) is 53.8 Å². The van der Waals surface area contributed by atoms with Crippen LogP contribution in [0, 0.1) is 13.8 Å². The van der Waals surface area contributed by atoms with Crippen molar-refractivity contribution in [3.63, 3.8) is 0 Å². The van der Waals surface area contributed by atoms with Crippen LogP contribution in [-0.2, 0) is 17.9 Å². The molecule has 0 aliphatic carbocycles. The molecule has 0 saturated carbocycles. The van der Waals surface area contributed by atoms with Crippen LogP contribution in [0.4, 0.5) is 0 Å². The van der Waals surface area contributed by atoms with Gasteiger partial charge >= 0.3 is 5.97 Å². The number of nitrogens with one attached hydrogen (secondary N) is 2. The predicted octanol–water partition coefficient (Wildman–Crippen LogP) is 7.56. The molecule has 230 valence electrons. The van der Waals surface area contributed by atoms with Gasteiger partial charge in [0.25, 0.3) is 0 Å². The van der Waals surface area contributed by atoms with Gasteiger partial charge in [-0.2, -0.15) is 0 Å². The van der Waals surface area contributed by atoms with Crippen molar-refractivity contribution in [3.8, 4) is 33.4 Å². The van der Waals surface area contributed by atoms with Gasteiger partial charge in [0.05, 0.1) is 27.0 Å². The molecule has 0 amide bonds. The van der Waals surface area contributed by atoms with Crippen LogP contribution in [-0.4, -0.2) is 45.8 Å². The summed E-state index contributed by atoms with van der Waals surface area (Å²) in [7, 11) is 0. The molecule has 0 spiro atoms. The average Bonchev–Trinajstić information content (AvgIpc) is 3.64. The third kappa shape index (κ3) is 6.98. The number of rotatable bonds is 13. The van der Waals surface area contributed by atoms with Crippen LogP contribution in [0.5, 0.6) is 0 Å². The fourth-order valence-corrected chi connectivity index (χ4v) is 7.70. The summed E-state index contributed by atoms with van der Waals surface area (Å²) >= 11 is 3.37. The van der Waals surface area contributed by atoms with Gasteiger partial charge < -0.3 is 20.8 Å². The highest BCUT2D eigenvalue weighted by molar-refractivity contribution is 7.18. The van der Waals surface area contributed by atoms with E-state index in [1.807, 2.05) is 0 Å². The third-order valence-electron chi connectivity index (χ3n) is 8.03. The molecule has 0 saturated heterocycles. The summed E-state index contributed by atoms with van der Waals surface area (Å²) in [4.78, 5) is 20.3. The van der Waals surface area contributed by atoms with Gasteiger partial charge in [0.2, 0.25) is 0 Å². The maximum absolute atomic E-state index is 10.7. The molecule has 0 aliphatic heterocycles. The first-order valence-electron chi connectivity index (χ1n) is 15.1. The summed E-state index contributed by atoms with van der Waals surface area (Å²) in [6.07, 6.45) is 0.780. The number of fused-ring (bicyclic) bond motifs is 2. The van der Waals surface area contributed by atoms with E-state index in [1.54, 1.807) is 22.7 Å². The van der Waals surface area contributed by atoms with Crippen molar-refractivity contribution in [2.24, 2.45) is 0 Å². The fourth-order valence-electron chi connectivity index (χ4n) is 5.75. The summed E-state index contributed by atoms with van der Waals surface area (Å²) in [5, 5.41) is 26.4. The number of aliphatic hydroxyl groups is 1. The molecular formula is C36H36N4O3S2. The zero-order valence-corrected chi connectivity index (χ0v) is 27.0. The standard InChI is InChI=1S/C36H36N4O3S2/c1-22-26(24-11-13-30-32(18-24)44-34(39-30)20-37-15-5-10-36(42)43)6-3-8-28(22)29-9-4-7-27(23(29)2)25-12-14-31-33(19-25)45-35(40-31)21-38-16-17-41/h3-4,6-9,11-14,18-19,37-38,41H,5,10,15-17,20-21H2,1-2H3,(H,42,43). The average molecular weight is 637 g/mol. The van der Waals surface area contributed by atoms with E-state index in [0.29, 0.717) is 32.6 Å². The number of carboxylic acid groups (broad SMARTS) is 1.